The van der Waals surface area contributed by atoms with Crippen molar-refractivity contribution in [1.29, 1.82) is 0 Å². The predicted molar refractivity (Wildman–Crippen MR) is 64.1 cm³/mol. The number of allylic oxidation sites excluding steroid dienone is 2. The lowest BCUT2D eigenvalue weighted by Gasteiger charge is -2.05. The second-order valence-corrected chi connectivity index (χ2v) is 3.72. The van der Waals surface area contributed by atoms with E-state index in [0.717, 1.165) is 11.1 Å². The highest BCUT2D eigenvalue weighted by molar-refractivity contribution is 5.76. The summed E-state index contributed by atoms with van der Waals surface area (Å²) in [5, 5.41) is 0. The summed E-state index contributed by atoms with van der Waals surface area (Å²) < 4.78 is 4.82. The van der Waals surface area contributed by atoms with Gasteiger partial charge in [0.2, 0.25) is 0 Å². The van der Waals surface area contributed by atoms with Crippen molar-refractivity contribution in [2.45, 2.75) is 40.0 Å². The molecule has 0 aliphatic heterocycles. The van der Waals surface area contributed by atoms with E-state index in [2.05, 4.69) is 6.58 Å². The molecule has 0 saturated carbocycles. The van der Waals surface area contributed by atoms with Gasteiger partial charge < -0.3 is 9.53 Å². The lowest BCUT2D eigenvalue weighted by molar-refractivity contribution is -0.142. The SMILES string of the molecule is C=C(C)/C(=C/CC(=O)OCC)CCC(C)=O. The van der Waals surface area contributed by atoms with Gasteiger partial charge in [-0.25, -0.2) is 0 Å². The Morgan fingerprint density at radius 1 is 1.25 bits per heavy atom. The molecule has 0 heterocycles. The summed E-state index contributed by atoms with van der Waals surface area (Å²) in [6.07, 6.45) is 3.17. The minimum atomic E-state index is -0.246. The van der Waals surface area contributed by atoms with E-state index in [1.807, 2.05) is 6.92 Å². The molecule has 3 nitrogen and oxygen atoms in total. The molecule has 0 N–H and O–H groups in total. The standard InChI is InChI=1S/C13H20O3/c1-5-16-13(15)9-8-12(10(2)3)7-6-11(4)14/h8H,2,5-7,9H2,1,3-4H3/b12-8+. The molecule has 0 rings (SSSR count). The Balaban J connectivity index is 4.30. The number of carbonyl (C=O) groups excluding carboxylic acids is 2. The van der Waals surface area contributed by atoms with Crippen LogP contribution in [0.5, 0.6) is 0 Å². The lowest BCUT2D eigenvalue weighted by atomic mass is 10.0. The Labute approximate surface area is 97.2 Å². The first kappa shape index (κ1) is 14.6. The van der Waals surface area contributed by atoms with Gasteiger partial charge in [-0.3, -0.25) is 4.79 Å². The van der Waals surface area contributed by atoms with Crippen LogP contribution in [0.15, 0.2) is 23.8 Å². The number of esters is 1. The summed E-state index contributed by atoms with van der Waals surface area (Å²) in [5.41, 5.74) is 1.86. The smallest absolute Gasteiger partial charge is 0.309 e. The maximum absolute atomic E-state index is 11.1. The maximum Gasteiger partial charge on any atom is 0.309 e. The molecule has 16 heavy (non-hydrogen) atoms. The maximum atomic E-state index is 11.1. The summed E-state index contributed by atoms with van der Waals surface area (Å²) in [6.45, 7) is 9.42. The highest BCUT2D eigenvalue weighted by Crippen LogP contribution is 2.15. The van der Waals surface area contributed by atoms with E-state index < -0.39 is 0 Å². The van der Waals surface area contributed by atoms with E-state index in [-0.39, 0.29) is 18.2 Å². The summed E-state index contributed by atoms with van der Waals surface area (Å²) in [7, 11) is 0. The van der Waals surface area contributed by atoms with Crippen molar-refractivity contribution in [2.75, 3.05) is 6.61 Å². The van der Waals surface area contributed by atoms with E-state index in [1.54, 1.807) is 19.9 Å². The molecule has 90 valence electrons. The number of Topliss-reactive ketones (excluding diaryl/α,β-unsaturated/α-hetero) is 1. The lowest BCUT2D eigenvalue weighted by Crippen LogP contribution is -2.02. The molecule has 0 aliphatic carbocycles. The van der Waals surface area contributed by atoms with Crippen molar-refractivity contribution in [1.82, 2.24) is 0 Å². The first-order valence-corrected chi connectivity index (χ1v) is 5.47. The normalized spacial score (nSPS) is 11.1. The van der Waals surface area contributed by atoms with Crippen molar-refractivity contribution in [3.8, 4) is 0 Å². The van der Waals surface area contributed by atoms with Crippen molar-refractivity contribution in [3.05, 3.63) is 23.8 Å². The zero-order valence-electron chi connectivity index (χ0n) is 10.3. The number of ketones is 1. The fraction of sp³-hybridized carbons (Fsp3) is 0.538. The van der Waals surface area contributed by atoms with E-state index >= 15 is 0 Å². The van der Waals surface area contributed by atoms with Gasteiger partial charge in [-0.1, -0.05) is 18.2 Å². The molecule has 0 atom stereocenters. The van der Waals surface area contributed by atoms with Gasteiger partial charge >= 0.3 is 5.97 Å². The minimum absolute atomic E-state index is 0.142. The second-order valence-electron chi connectivity index (χ2n) is 3.72. The van der Waals surface area contributed by atoms with Crippen molar-refractivity contribution < 1.29 is 14.3 Å². The molecule has 0 fully saturated rings. The molecule has 0 bridgehead atoms. The van der Waals surface area contributed by atoms with E-state index in [1.165, 1.54) is 0 Å². The molecular formula is C13H20O3. The minimum Gasteiger partial charge on any atom is -0.466 e. The molecule has 0 aromatic rings. The molecule has 0 aromatic heterocycles. The zero-order chi connectivity index (χ0) is 12.6. The molecular weight excluding hydrogens is 204 g/mol. The van der Waals surface area contributed by atoms with Gasteiger partial charge in [0.15, 0.2) is 0 Å². The predicted octanol–water partition coefficient (Wildman–Crippen LogP) is 2.81. The van der Waals surface area contributed by atoms with Crippen LogP contribution >= 0.6 is 0 Å². The molecule has 0 amide bonds. The Kier molecular flexibility index (Phi) is 7.18. The summed E-state index contributed by atoms with van der Waals surface area (Å²) in [6, 6.07) is 0. The highest BCUT2D eigenvalue weighted by Gasteiger charge is 2.04. The number of hydrogen-bond donors (Lipinski definition) is 0. The first-order valence-electron chi connectivity index (χ1n) is 5.47. The Bertz CT molecular complexity index is 300. The van der Waals surface area contributed by atoms with Crippen molar-refractivity contribution >= 4 is 11.8 Å². The number of hydrogen-bond acceptors (Lipinski definition) is 3. The van der Waals surface area contributed by atoms with Crippen LogP contribution in [0.4, 0.5) is 0 Å². The average molecular weight is 224 g/mol. The van der Waals surface area contributed by atoms with Crippen molar-refractivity contribution in [3.63, 3.8) is 0 Å². The second kappa shape index (κ2) is 7.85. The van der Waals surface area contributed by atoms with Gasteiger partial charge in [-0.05, 0) is 32.8 Å². The van der Waals surface area contributed by atoms with Gasteiger partial charge in [0.1, 0.15) is 5.78 Å². The van der Waals surface area contributed by atoms with E-state index in [0.29, 0.717) is 19.4 Å². The molecule has 0 saturated heterocycles. The largest absolute Gasteiger partial charge is 0.466 e. The van der Waals surface area contributed by atoms with E-state index in [9.17, 15) is 9.59 Å². The van der Waals surface area contributed by atoms with E-state index in [4.69, 9.17) is 4.74 Å². The fourth-order valence-corrected chi connectivity index (χ4v) is 1.23. The highest BCUT2D eigenvalue weighted by atomic mass is 16.5. The summed E-state index contributed by atoms with van der Waals surface area (Å²) in [5.74, 6) is -0.104. The first-order chi connectivity index (χ1) is 7.47. The number of rotatable bonds is 7. The van der Waals surface area contributed by atoms with Crippen LogP contribution in [0, 0.1) is 0 Å². The molecule has 3 heteroatoms. The van der Waals surface area contributed by atoms with Gasteiger partial charge in [0.05, 0.1) is 13.0 Å². The van der Waals surface area contributed by atoms with Crippen LogP contribution < -0.4 is 0 Å². The van der Waals surface area contributed by atoms with Gasteiger partial charge in [0.25, 0.3) is 0 Å². The Morgan fingerprint density at radius 2 is 1.88 bits per heavy atom. The van der Waals surface area contributed by atoms with Crippen molar-refractivity contribution in [2.24, 2.45) is 0 Å². The van der Waals surface area contributed by atoms with Crippen LogP contribution in [0.3, 0.4) is 0 Å². The molecule has 0 unspecified atom stereocenters. The van der Waals surface area contributed by atoms with Crippen LogP contribution in [0.2, 0.25) is 0 Å². The van der Waals surface area contributed by atoms with Crippen LogP contribution in [-0.2, 0) is 14.3 Å². The quantitative estimate of drug-likeness (QED) is 0.493. The third-order valence-electron chi connectivity index (χ3n) is 2.12. The number of ether oxygens (including phenoxy) is 1. The third kappa shape index (κ3) is 6.98. The van der Waals surface area contributed by atoms with Gasteiger partial charge in [-0.2, -0.15) is 0 Å². The topological polar surface area (TPSA) is 43.4 Å². The van der Waals surface area contributed by atoms with Crippen LogP contribution in [0.1, 0.15) is 40.0 Å². The van der Waals surface area contributed by atoms with Crippen LogP contribution in [-0.4, -0.2) is 18.4 Å². The molecule has 0 radical (unpaired) electrons. The Hall–Kier alpha value is -1.38. The number of carbonyl (C=O) groups is 2. The average Bonchev–Trinajstić information content (AvgIpc) is 2.17. The van der Waals surface area contributed by atoms with Gasteiger partial charge in [0, 0.05) is 6.42 Å². The van der Waals surface area contributed by atoms with Crippen LogP contribution in [0.25, 0.3) is 0 Å². The zero-order valence-corrected chi connectivity index (χ0v) is 10.3. The fourth-order valence-electron chi connectivity index (χ4n) is 1.23. The van der Waals surface area contributed by atoms with Gasteiger partial charge in [-0.15, -0.1) is 0 Å². The third-order valence-corrected chi connectivity index (χ3v) is 2.12. The summed E-state index contributed by atoms with van der Waals surface area (Å²) >= 11 is 0. The molecule has 0 aliphatic rings. The monoisotopic (exact) mass is 224 g/mol. The molecule has 0 spiro atoms. The Morgan fingerprint density at radius 3 is 2.31 bits per heavy atom. The summed E-state index contributed by atoms with van der Waals surface area (Å²) in [4.78, 5) is 22.0. The molecule has 0 aromatic carbocycles.